The Bertz CT molecular complexity index is 967. The Morgan fingerprint density at radius 2 is 1.50 bits per heavy atom. The van der Waals surface area contributed by atoms with E-state index in [0.717, 1.165) is 44.9 Å². The number of fused-ring (bicyclic) bond motifs is 7. The molecule has 0 heterocycles. The van der Waals surface area contributed by atoms with Crippen LogP contribution in [0.3, 0.4) is 0 Å². The Labute approximate surface area is 219 Å². The van der Waals surface area contributed by atoms with Crippen LogP contribution in [0.2, 0.25) is 0 Å². The molecule has 5 aliphatic rings. The summed E-state index contributed by atoms with van der Waals surface area (Å²) in [5.74, 6) is 1.49. The average molecular weight is 499 g/mol. The predicted octanol–water partition coefficient (Wildman–Crippen LogP) is 7.66. The molecule has 0 aromatic rings. The first kappa shape index (κ1) is 26.3. The molecule has 0 aromatic heterocycles. The molecule has 1 N–H and O–H groups in total. The monoisotopic (exact) mass is 498 g/mol. The van der Waals surface area contributed by atoms with Gasteiger partial charge in [0.15, 0.2) is 0 Å². The maximum absolute atomic E-state index is 12.8. The van der Waals surface area contributed by atoms with Gasteiger partial charge in [-0.3, -0.25) is 9.59 Å². The molecule has 0 aliphatic heterocycles. The van der Waals surface area contributed by atoms with Crippen LogP contribution in [0.15, 0.2) is 12.2 Å². The van der Waals surface area contributed by atoms with Gasteiger partial charge in [-0.05, 0) is 117 Å². The third-order valence-corrected chi connectivity index (χ3v) is 13.7. The number of allylic oxidation sites excluding steroid dienone is 1. The third kappa shape index (κ3) is 3.17. The summed E-state index contributed by atoms with van der Waals surface area (Å²) >= 11 is 0. The summed E-state index contributed by atoms with van der Waals surface area (Å²) in [6, 6.07) is 0. The van der Waals surface area contributed by atoms with Crippen molar-refractivity contribution in [2.24, 2.45) is 56.7 Å². The van der Waals surface area contributed by atoms with Gasteiger partial charge in [0.05, 0.1) is 5.41 Å². The molecule has 0 bridgehead atoms. The molecule has 0 saturated heterocycles. The Morgan fingerprint density at radius 3 is 2.11 bits per heavy atom. The molecule has 5 rings (SSSR count). The summed E-state index contributed by atoms with van der Waals surface area (Å²) in [6.45, 7) is 20.4. The molecule has 4 nitrogen and oxygen atoms in total. The first-order valence-corrected chi connectivity index (χ1v) is 14.7. The normalized spacial score (nSPS) is 51.2. The summed E-state index contributed by atoms with van der Waals surface area (Å²) in [6.07, 6.45) is 10.5. The van der Waals surface area contributed by atoms with E-state index >= 15 is 0 Å². The van der Waals surface area contributed by atoms with Gasteiger partial charge in [0.2, 0.25) is 0 Å². The molecule has 202 valence electrons. The number of carbonyl (C=O) groups is 2. The van der Waals surface area contributed by atoms with Crippen molar-refractivity contribution in [1.82, 2.24) is 0 Å². The topological polar surface area (TPSA) is 63.6 Å². The molecule has 0 radical (unpaired) electrons. The van der Waals surface area contributed by atoms with Crippen LogP contribution in [-0.4, -0.2) is 23.1 Å². The second-order valence-electron chi connectivity index (χ2n) is 15.1. The molecule has 5 fully saturated rings. The standard InChI is InChI=1S/C32H50O4/c1-19(2)21-11-16-32(27(34)35)18-17-30(7)22(26(21)32)9-10-24-29(6)14-13-25(36-20(3)33)28(4,5)23(29)12-15-31(24,30)8/h21-26H,1,9-18H2,2-8H3,(H,34,35)/t21-,22+,23-,24-,25-,26-,29-,30+,31+,32-/m0/s1. The minimum absolute atomic E-state index is 0.00466. The van der Waals surface area contributed by atoms with Crippen molar-refractivity contribution in [3.8, 4) is 0 Å². The van der Waals surface area contributed by atoms with Crippen molar-refractivity contribution in [3.05, 3.63) is 12.2 Å². The number of carbonyl (C=O) groups excluding carboxylic acids is 1. The summed E-state index contributed by atoms with van der Waals surface area (Å²) in [5.41, 5.74) is 1.20. The predicted molar refractivity (Wildman–Crippen MR) is 142 cm³/mol. The van der Waals surface area contributed by atoms with Crippen LogP contribution in [0.1, 0.15) is 113 Å². The quantitative estimate of drug-likeness (QED) is 0.320. The summed E-state index contributed by atoms with van der Waals surface area (Å²) in [5, 5.41) is 10.5. The van der Waals surface area contributed by atoms with E-state index in [-0.39, 0.29) is 39.7 Å². The van der Waals surface area contributed by atoms with Crippen LogP contribution in [0.4, 0.5) is 0 Å². The SMILES string of the molecule is C=C(C)[C@@H]1CC[C@]2(C(=O)O)CC[C@]3(C)[C@H](CC[C@H]4[C@@]5(C)CC[C@H](OC(C)=O)C(C)(C)[C@@H]5CC[C@]43C)[C@H]12. The number of carboxylic acids is 1. The largest absolute Gasteiger partial charge is 0.481 e. The molecule has 0 spiro atoms. The van der Waals surface area contributed by atoms with E-state index in [2.05, 4.69) is 48.1 Å². The zero-order valence-electron chi connectivity index (χ0n) is 23.9. The number of aliphatic carboxylic acids is 1. The van der Waals surface area contributed by atoms with E-state index in [1.54, 1.807) is 6.92 Å². The summed E-state index contributed by atoms with van der Waals surface area (Å²) < 4.78 is 5.88. The zero-order chi connectivity index (χ0) is 26.5. The lowest BCUT2D eigenvalue weighted by Crippen LogP contribution is -2.67. The first-order valence-electron chi connectivity index (χ1n) is 14.7. The Hall–Kier alpha value is -1.32. The lowest BCUT2D eigenvalue weighted by Gasteiger charge is -2.72. The Kier molecular flexibility index (Phi) is 5.91. The van der Waals surface area contributed by atoms with Crippen LogP contribution in [0.5, 0.6) is 0 Å². The van der Waals surface area contributed by atoms with Crippen molar-refractivity contribution in [1.29, 1.82) is 0 Å². The maximum atomic E-state index is 12.8. The number of ether oxygens (including phenoxy) is 1. The Balaban J connectivity index is 1.52. The highest BCUT2D eigenvalue weighted by molar-refractivity contribution is 5.76. The van der Waals surface area contributed by atoms with Crippen molar-refractivity contribution in [2.75, 3.05) is 0 Å². The number of rotatable bonds is 3. The van der Waals surface area contributed by atoms with Crippen LogP contribution in [0.25, 0.3) is 0 Å². The minimum Gasteiger partial charge on any atom is -0.481 e. The molecular weight excluding hydrogens is 448 g/mol. The average Bonchev–Trinajstić information content (AvgIpc) is 3.17. The van der Waals surface area contributed by atoms with Crippen LogP contribution in [-0.2, 0) is 14.3 Å². The molecule has 0 amide bonds. The van der Waals surface area contributed by atoms with E-state index in [1.165, 1.54) is 24.8 Å². The van der Waals surface area contributed by atoms with Crippen molar-refractivity contribution >= 4 is 11.9 Å². The van der Waals surface area contributed by atoms with Gasteiger partial charge < -0.3 is 9.84 Å². The zero-order valence-corrected chi connectivity index (χ0v) is 23.9. The van der Waals surface area contributed by atoms with Gasteiger partial charge in [-0.25, -0.2) is 0 Å². The minimum atomic E-state index is -0.553. The molecule has 0 unspecified atom stereocenters. The smallest absolute Gasteiger partial charge is 0.309 e. The number of esters is 1. The Morgan fingerprint density at radius 1 is 0.806 bits per heavy atom. The summed E-state index contributed by atoms with van der Waals surface area (Å²) in [4.78, 5) is 24.7. The molecule has 5 saturated carbocycles. The van der Waals surface area contributed by atoms with E-state index in [4.69, 9.17) is 4.74 Å². The lowest BCUT2D eigenvalue weighted by atomic mass is 9.32. The molecular formula is C32H50O4. The maximum Gasteiger partial charge on any atom is 0.309 e. The van der Waals surface area contributed by atoms with Crippen LogP contribution < -0.4 is 0 Å². The van der Waals surface area contributed by atoms with Crippen molar-refractivity contribution in [3.63, 3.8) is 0 Å². The molecule has 36 heavy (non-hydrogen) atoms. The number of carboxylic acid groups (broad SMARTS) is 1. The highest BCUT2D eigenvalue weighted by Crippen LogP contribution is 2.77. The molecule has 4 heteroatoms. The molecule has 5 aliphatic carbocycles. The lowest BCUT2D eigenvalue weighted by molar-refractivity contribution is -0.250. The highest BCUT2D eigenvalue weighted by Gasteiger charge is 2.72. The fourth-order valence-electron chi connectivity index (χ4n) is 11.9. The second kappa shape index (κ2) is 8.09. The van der Waals surface area contributed by atoms with Gasteiger partial charge in [0.25, 0.3) is 0 Å². The van der Waals surface area contributed by atoms with Gasteiger partial charge in [-0.2, -0.15) is 0 Å². The van der Waals surface area contributed by atoms with Crippen molar-refractivity contribution < 1.29 is 19.4 Å². The van der Waals surface area contributed by atoms with Crippen LogP contribution >= 0.6 is 0 Å². The van der Waals surface area contributed by atoms with E-state index < -0.39 is 11.4 Å². The van der Waals surface area contributed by atoms with E-state index in [9.17, 15) is 14.7 Å². The number of hydrogen-bond donors (Lipinski definition) is 1. The van der Waals surface area contributed by atoms with Gasteiger partial charge in [-0.15, -0.1) is 0 Å². The van der Waals surface area contributed by atoms with Crippen molar-refractivity contribution in [2.45, 2.75) is 119 Å². The van der Waals surface area contributed by atoms with Gasteiger partial charge >= 0.3 is 11.9 Å². The highest BCUT2D eigenvalue weighted by atomic mass is 16.5. The van der Waals surface area contributed by atoms with Gasteiger partial charge in [0.1, 0.15) is 6.10 Å². The van der Waals surface area contributed by atoms with E-state index in [0.29, 0.717) is 23.7 Å². The summed E-state index contributed by atoms with van der Waals surface area (Å²) in [7, 11) is 0. The number of hydrogen-bond acceptors (Lipinski definition) is 3. The van der Waals surface area contributed by atoms with Crippen LogP contribution in [0, 0.1) is 56.7 Å². The third-order valence-electron chi connectivity index (χ3n) is 13.7. The van der Waals surface area contributed by atoms with E-state index in [1.807, 2.05) is 0 Å². The first-order chi connectivity index (χ1) is 16.6. The van der Waals surface area contributed by atoms with Gasteiger partial charge in [-0.1, -0.05) is 46.8 Å². The fourth-order valence-corrected chi connectivity index (χ4v) is 11.9. The second-order valence-corrected chi connectivity index (χ2v) is 15.1. The van der Waals surface area contributed by atoms with Gasteiger partial charge in [0, 0.05) is 12.3 Å². The fraction of sp³-hybridized carbons (Fsp3) is 0.875. The molecule has 0 aromatic carbocycles. The molecule has 10 atom stereocenters.